The van der Waals surface area contributed by atoms with Crippen LogP contribution < -0.4 is 10.5 Å². The second kappa shape index (κ2) is 6.34. The first kappa shape index (κ1) is 14.4. The van der Waals surface area contributed by atoms with Crippen LogP contribution in [0.1, 0.15) is 6.92 Å². The molecule has 0 radical (unpaired) electrons. The molecule has 0 saturated heterocycles. The van der Waals surface area contributed by atoms with E-state index >= 15 is 0 Å². The first-order valence-corrected chi connectivity index (χ1v) is 7.37. The number of rotatable bonds is 6. The molecule has 17 heavy (non-hydrogen) atoms. The molecular formula is C10H15BrN2O3S. The molecule has 3 N–H and O–H groups in total. The monoisotopic (exact) mass is 322 g/mol. The Morgan fingerprint density at radius 2 is 2.18 bits per heavy atom. The van der Waals surface area contributed by atoms with Gasteiger partial charge in [-0.3, -0.25) is 0 Å². The molecule has 0 saturated carbocycles. The van der Waals surface area contributed by atoms with E-state index in [1.165, 1.54) is 6.07 Å². The van der Waals surface area contributed by atoms with Crippen LogP contribution >= 0.6 is 15.9 Å². The molecule has 0 unspecified atom stereocenters. The van der Waals surface area contributed by atoms with Gasteiger partial charge in [0.1, 0.15) is 0 Å². The number of ether oxygens (including phenoxy) is 1. The number of anilines is 1. The maximum Gasteiger partial charge on any atom is 0.241 e. The Balaban J connectivity index is 2.76. The van der Waals surface area contributed by atoms with Gasteiger partial charge in [0.15, 0.2) is 0 Å². The molecule has 0 atom stereocenters. The maximum absolute atomic E-state index is 11.9. The Labute approximate surface area is 110 Å². The highest BCUT2D eigenvalue weighted by Crippen LogP contribution is 2.23. The molecular weight excluding hydrogens is 308 g/mol. The lowest BCUT2D eigenvalue weighted by molar-refractivity contribution is 0.153. The van der Waals surface area contributed by atoms with Crippen molar-refractivity contribution in [2.45, 2.75) is 11.8 Å². The summed E-state index contributed by atoms with van der Waals surface area (Å²) in [4.78, 5) is 0.170. The van der Waals surface area contributed by atoms with Gasteiger partial charge in [0.2, 0.25) is 10.0 Å². The predicted octanol–water partition coefficient (Wildman–Crippen LogP) is 1.35. The van der Waals surface area contributed by atoms with Gasteiger partial charge in [0, 0.05) is 23.3 Å². The van der Waals surface area contributed by atoms with Gasteiger partial charge in [-0.15, -0.1) is 0 Å². The molecule has 0 aliphatic rings. The quantitative estimate of drug-likeness (QED) is 0.611. The van der Waals surface area contributed by atoms with E-state index in [0.29, 0.717) is 23.4 Å². The number of benzene rings is 1. The van der Waals surface area contributed by atoms with Crippen molar-refractivity contribution in [1.29, 1.82) is 0 Å². The van der Waals surface area contributed by atoms with Crippen molar-refractivity contribution in [3.05, 3.63) is 22.7 Å². The molecule has 0 fully saturated rings. The zero-order valence-electron chi connectivity index (χ0n) is 9.44. The van der Waals surface area contributed by atoms with Gasteiger partial charge in [-0.05, 0) is 41.1 Å². The first-order chi connectivity index (χ1) is 7.97. The van der Waals surface area contributed by atoms with Gasteiger partial charge in [-0.1, -0.05) is 0 Å². The summed E-state index contributed by atoms with van der Waals surface area (Å²) >= 11 is 3.18. The second-order valence-electron chi connectivity index (χ2n) is 3.28. The van der Waals surface area contributed by atoms with Gasteiger partial charge < -0.3 is 10.5 Å². The zero-order chi connectivity index (χ0) is 12.9. The number of nitrogens with two attached hydrogens (primary N) is 1. The summed E-state index contributed by atoms with van der Waals surface area (Å²) in [5, 5.41) is 0. The van der Waals surface area contributed by atoms with Gasteiger partial charge >= 0.3 is 0 Å². The van der Waals surface area contributed by atoms with Crippen molar-refractivity contribution in [2.75, 3.05) is 25.5 Å². The van der Waals surface area contributed by atoms with E-state index in [0.717, 1.165) is 0 Å². The highest BCUT2D eigenvalue weighted by atomic mass is 79.9. The largest absolute Gasteiger partial charge is 0.399 e. The molecule has 0 aromatic heterocycles. The summed E-state index contributed by atoms with van der Waals surface area (Å²) in [7, 11) is -3.52. The van der Waals surface area contributed by atoms with Crippen molar-refractivity contribution in [3.8, 4) is 0 Å². The molecule has 0 spiro atoms. The minimum Gasteiger partial charge on any atom is -0.399 e. The van der Waals surface area contributed by atoms with Crippen LogP contribution in [0.2, 0.25) is 0 Å². The maximum atomic E-state index is 11.9. The smallest absolute Gasteiger partial charge is 0.241 e. The highest BCUT2D eigenvalue weighted by Gasteiger charge is 2.16. The fourth-order valence-corrected chi connectivity index (χ4v) is 3.31. The average Bonchev–Trinajstić information content (AvgIpc) is 2.24. The van der Waals surface area contributed by atoms with Crippen molar-refractivity contribution in [2.24, 2.45) is 0 Å². The topological polar surface area (TPSA) is 81.4 Å². The van der Waals surface area contributed by atoms with Crippen molar-refractivity contribution in [3.63, 3.8) is 0 Å². The van der Waals surface area contributed by atoms with Crippen LogP contribution in [0, 0.1) is 0 Å². The summed E-state index contributed by atoms with van der Waals surface area (Å²) in [5.74, 6) is 0. The van der Waals surface area contributed by atoms with Crippen LogP contribution in [0.15, 0.2) is 27.6 Å². The van der Waals surface area contributed by atoms with E-state index in [4.69, 9.17) is 10.5 Å². The van der Waals surface area contributed by atoms with Crippen LogP contribution in [-0.2, 0) is 14.8 Å². The van der Waals surface area contributed by atoms with Gasteiger partial charge in [0.05, 0.1) is 11.5 Å². The molecule has 0 amide bonds. The zero-order valence-corrected chi connectivity index (χ0v) is 11.8. The van der Waals surface area contributed by atoms with Crippen LogP contribution in [0.5, 0.6) is 0 Å². The summed E-state index contributed by atoms with van der Waals surface area (Å²) < 4.78 is 31.7. The molecule has 1 rings (SSSR count). The highest BCUT2D eigenvalue weighted by molar-refractivity contribution is 9.10. The van der Waals surface area contributed by atoms with E-state index in [1.807, 2.05) is 6.92 Å². The minimum absolute atomic E-state index is 0.170. The van der Waals surface area contributed by atoms with Gasteiger partial charge in [-0.25, -0.2) is 13.1 Å². The Morgan fingerprint density at radius 3 is 2.76 bits per heavy atom. The van der Waals surface area contributed by atoms with Gasteiger partial charge in [-0.2, -0.15) is 0 Å². The second-order valence-corrected chi connectivity index (χ2v) is 5.87. The van der Waals surface area contributed by atoms with E-state index < -0.39 is 10.0 Å². The fourth-order valence-electron chi connectivity index (χ4n) is 1.21. The van der Waals surface area contributed by atoms with Crippen LogP contribution in [0.25, 0.3) is 0 Å². The van der Waals surface area contributed by atoms with Crippen molar-refractivity contribution >= 4 is 31.6 Å². The number of hydrogen-bond acceptors (Lipinski definition) is 4. The summed E-state index contributed by atoms with van der Waals surface area (Å²) in [6.45, 7) is 3.01. The van der Waals surface area contributed by atoms with Crippen molar-refractivity contribution < 1.29 is 13.2 Å². The molecule has 96 valence electrons. The molecule has 1 aromatic rings. The number of sulfonamides is 1. The van der Waals surface area contributed by atoms with Crippen LogP contribution in [0.3, 0.4) is 0 Å². The molecule has 1 aromatic carbocycles. The molecule has 0 heterocycles. The SMILES string of the molecule is CCOCCNS(=O)(=O)c1ccc(N)cc1Br. The van der Waals surface area contributed by atoms with E-state index in [1.54, 1.807) is 12.1 Å². The summed E-state index contributed by atoms with van der Waals surface area (Å²) in [6.07, 6.45) is 0. The Hall–Kier alpha value is -0.630. The summed E-state index contributed by atoms with van der Waals surface area (Å²) in [5.41, 5.74) is 6.05. The number of nitrogens with one attached hydrogen (secondary N) is 1. The molecule has 7 heteroatoms. The normalized spacial score (nSPS) is 11.6. The Morgan fingerprint density at radius 1 is 1.47 bits per heavy atom. The standard InChI is InChI=1S/C10H15BrN2O3S/c1-2-16-6-5-13-17(14,15)10-4-3-8(12)7-9(10)11/h3-4,7,13H,2,5-6,12H2,1H3. The summed E-state index contributed by atoms with van der Waals surface area (Å²) in [6, 6.07) is 4.56. The van der Waals surface area contributed by atoms with Crippen LogP contribution in [0.4, 0.5) is 5.69 Å². The third kappa shape index (κ3) is 4.27. The third-order valence-corrected chi connectivity index (χ3v) is 4.43. The Bertz CT molecular complexity index is 476. The lowest BCUT2D eigenvalue weighted by atomic mass is 10.3. The van der Waals surface area contributed by atoms with Gasteiger partial charge in [0.25, 0.3) is 0 Å². The lowest BCUT2D eigenvalue weighted by Crippen LogP contribution is -2.27. The van der Waals surface area contributed by atoms with Crippen LogP contribution in [-0.4, -0.2) is 28.2 Å². The van der Waals surface area contributed by atoms with E-state index in [2.05, 4.69) is 20.7 Å². The van der Waals surface area contributed by atoms with E-state index in [9.17, 15) is 8.42 Å². The Kier molecular flexibility index (Phi) is 5.38. The average molecular weight is 323 g/mol. The molecule has 0 aliphatic carbocycles. The third-order valence-electron chi connectivity index (χ3n) is 1.99. The fraction of sp³-hybridized carbons (Fsp3) is 0.400. The molecule has 0 bridgehead atoms. The minimum atomic E-state index is -3.52. The first-order valence-electron chi connectivity index (χ1n) is 5.10. The molecule has 0 aliphatic heterocycles. The number of nitrogen functional groups attached to an aromatic ring is 1. The number of halogens is 1. The van der Waals surface area contributed by atoms with E-state index in [-0.39, 0.29) is 11.4 Å². The molecule has 5 nitrogen and oxygen atoms in total. The predicted molar refractivity (Wildman–Crippen MR) is 70.2 cm³/mol. The lowest BCUT2D eigenvalue weighted by Gasteiger charge is -2.08. The van der Waals surface area contributed by atoms with Crippen molar-refractivity contribution in [1.82, 2.24) is 4.72 Å². The number of hydrogen-bond donors (Lipinski definition) is 2.